The van der Waals surface area contributed by atoms with Gasteiger partial charge >= 0.3 is 5.97 Å². The molecule has 0 saturated carbocycles. The van der Waals surface area contributed by atoms with Crippen LogP contribution >= 0.6 is 0 Å². The number of esters is 1. The third-order valence-corrected chi connectivity index (χ3v) is 7.20. The van der Waals surface area contributed by atoms with E-state index in [4.69, 9.17) is 4.74 Å². The molecule has 1 unspecified atom stereocenters. The Hall–Kier alpha value is -1.95. The normalized spacial score (nSPS) is 25.0. The van der Waals surface area contributed by atoms with E-state index in [9.17, 15) is 14.0 Å². The number of carbonyl (C=O) groups is 2. The van der Waals surface area contributed by atoms with Gasteiger partial charge in [0.15, 0.2) is 0 Å². The zero-order chi connectivity index (χ0) is 25.1. The maximum atomic E-state index is 13.2. The number of anilines is 1. The second-order valence-electron chi connectivity index (χ2n) is 10.0. The third kappa shape index (κ3) is 8.07. The lowest BCUT2D eigenvalue weighted by Crippen LogP contribution is -2.52. The molecule has 1 aromatic carbocycles. The van der Waals surface area contributed by atoms with Crippen LogP contribution in [0.15, 0.2) is 24.3 Å². The zero-order valence-electron chi connectivity index (χ0n) is 21.9. The summed E-state index contributed by atoms with van der Waals surface area (Å²) >= 11 is 0. The molecule has 2 fully saturated rings. The summed E-state index contributed by atoms with van der Waals surface area (Å²) in [7, 11) is 0. The number of unbranched alkanes of at least 4 members (excludes halogenated alkanes) is 1. The Morgan fingerprint density at radius 3 is 2.35 bits per heavy atom. The summed E-state index contributed by atoms with van der Waals surface area (Å²) < 4.78 is 19.0. The number of hydrogen-bond donors (Lipinski definition) is 0. The second kappa shape index (κ2) is 13.8. The van der Waals surface area contributed by atoms with Crippen LogP contribution in [0.1, 0.15) is 86.0 Å². The van der Waals surface area contributed by atoms with E-state index < -0.39 is 0 Å². The monoisotopic (exact) mass is 476 g/mol. The highest BCUT2D eigenvalue weighted by Crippen LogP contribution is 2.43. The molecule has 2 heterocycles. The Balaban J connectivity index is 0.000000739. The lowest BCUT2D eigenvalue weighted by atomic mass is 9.76. The average molecular weight is 477 g/mol. The van der Waals surface area contributed by atoms with Gasteiger partial charge in [0.1, 0.15) is 17.7 Å². The largest absolute Gasteiger partial charge is 0.462 e. The fraction of sp³-hybridized carbons (Fsp3) is 0.714. The Labute approximate surface area is 206 Å². The van der Waals surface area contributed by atoms with Crippen LogP contribution in [0, 0.1) is 11.2 Å². The maximum Gasteiger partial charge on any atom is 0.312 e. The van der Waals surface area contributed by atoms with E-state index in [1.807, 2.05) is 19.1 Å². The van der Waals surface area contributed by atoms with Crippen molar-refractivity contribution in [3.8, 4) is 0 Å². The van der Waals surface area contributed by atoms with Gasteiger partial charge in [-0.2, -0.15) is 0 Å². The van der Waals surface area contributed by atoms with Crippen molar-refractivity contribution in [2.75, 3.05) is 31.1 Å². The fourth-order valence-corrected chi connectivity index (χ4v) is 5.10. The summed E-state index contributed by atoms with van der Waals surface area (Å²) in [6.45, 7) is 13.9. The highest BCUT2D eigenvalue weighted by atomic mass is 19.1. The number of ketones is 1. The molecule has 0 aliphatic carbocycles. The molecular weight excluding hydrogens is 431 g/mol. The van der Waals surface area contributed by atoms with Crippen LogP contribution in [-0.4, -0.2) is 55.0 Å². The van der Waals surface area contributed by atoms with Crippen LogP contribution in [0.2, 0.25) is 0 Å². The van der Waals surface area contributed by atoms with Gasteiger partial charge in [-0.3, -0.25) is 9.69 Å². The molecule has 2 saturated heterocycles. The van der Waals surface area contributed by atoms with E-state index in [-0.39, 0.29) is 29.1 Å². The van der Waals surface area contributed by atoms with Crippen molar-refractivity contribution >= 4 is 17.4 Å². The minimum absolute atomic E-state index is 0.0484. The number of benzene rings is 1. The molecular formula is C28H45FN2O3. The van der Waals surface area contributed by atoms with Gasteiger partial charge in [0.2, 0.25) is 0 Å². The minimum atomic E-state index is -0.232. The van der Waals surface area contributed by atoms with Gasteiger partial charge in [-0.25, -0.2) is 4.39 Å². The van der Waals surface area contributed by atoms with Crippen molar-refractivity contribution in [1.29, 1.82) is 0 Å². The molecule has 0 spiro atoms. The summed E-state index contributed by atoms with van der Waals surface area (Å²) in [4.78, 5) is 27.3. The summed E-state index contributed by atoms with van der Waals surface area (Å²) in [5.74, 6) is 0.113. The van der Waals surface area contributed by atoms with Crippen LogP contribution < -0.4 is 4.90 Å². The van der Waals surface area contributed by atoms with Crippen molar-refractivity contribution < 1.29 is 18.7 Å². The molecule has 5 nitrogen and oxygen atoms in total. The summed E-state index contributed by atoms with van der Waals surface area (Å²) in [5, 5.41) is 0. The molecule has 3 rings (SSSR count). The molecule has 0 N–H and O–H groups in total. The summed E-state index contributed by atoms with van der Waals surface area (Å²) in [5.41, 5.74) is 0.854. The van der Waals surface area contributed by atoms with Crippen molar-refractivity contribution in [2.45, 2.75) is 98.1 Å². The smallest absolute Gasteiger partial charge is 0.312 e. The van der Waals surface area contributed by atoms with E-state index in [1.165, 1.54) is 12.1 Å². The van der Waals surface area contributed by atoms with Gasteiger partial charge < -0.3 is 14.4 Å². The number of nitrogens with zero attached hydrogens (tertiary/aromatic N) is 2. The van der Waals surface area contributed by atoms with Gasteiger partial charge in [0, 0.05) is 50.7 Å². The predicted molar refractivity (Wildman–Crippen MR) is 137 cm³/mol. The highest BCUT2D eigenvalue weighted by Gasteiger charge is 2.47. The Morgan fingerprint density at radius 1 is 1.12 bits per heavy atom. The lowest BCUT2D eigenvalue weighted by molar-refractivity contribution is -0.149. The molecule has 192 valence electrons. The average Bonchev–Trinajstić information content (AvgIpc) is 3.13. The molecule has 0 radical (unpaired) electrons. The van der Waals surface area contributed by atoms with Gasteiger partial charge in [0.05, 0.1) is 5.41 Å². The number of halogens is 1. The van der Waals surface area contributed by atoms with Gasteiger partial charge in [-0.15, -0.1) is 0 Å². The molecule has 2 aliphatic heterocycles. The second-order valence-corrected chi connectivity index (χ2v) is 10.0. The number of rotatable bonds is 10. The van der Waals surface area contributed by atoms with Gasteiger partial charge in [0.25, 0.3) is 0 Å². The van der Waals surface area contributed by atoms with Crippen molar-refractivity contribution in [2.24, 2.45) is 5.41 Å². The van der Waals surface area contributed by atoms with Crippen LogP contribution in [0.3, 0.4) is 0 Å². The van der Waals surface area contributed by atoms with Gasteiger partial charge in [-0.1, -0.05) is 40.0 Å². The molecule has 34 heavy (non-hydrogen) atoms. The van der Waals surface area contributed by atoms with Crippen LogP contribution in [0.4, 0.5) is 10.1 Å². The number of ether oxygens (including phenoxy) is 1. The molecule has 0 bridgehead atoms. The number of hydrogen-bond acceptors (Lipinski definition) is 5. The lowest BCUT2D eigenvalue weighted by Gasteiger charge is -2.41. The van der Waals surface area contributed by atoms with Crippen molar-refractivity contribution in [1.82, 2.24) is 4.90 Å². The van der Waals surface area contributed by atoms with Crippen molar-refractivity contribution in [3.63, 3.8) is 0 Å². The first-order valence-electron chi connectivity index (χ1n) is 13.2. The van der Waals surface area contributed by atoms with Crippen molar-refractivity contribution in [3.05, 3.63) is 30.1 Å². The molecule has 1 aromatic rings. The molecule has 3 atom stereocenters. The van der Waals surface area contributed by atoms with E-state index in [2.05, 4.69) is 30.6 Å². The van der Waals surface area contributed by atoms with Crippen LogP contribution in [0.5, 0.6) is 0 Å². The standard InChI is InChI=1S/C24H37FN2O2.C4H8O/c1-4-6-13-24(12-5-2)17-22(29-23(24)28)11-14-26-15-16-27(19(3)18-26)21-9-7-20(25)8-10-21;1-3-4(2)5/h7-10,19,22H,4-6,11-18H2,1-3H3;3H2,1-2H3/t19-,22-,24?;/m0./s1. The topological polar surface area (TPSA) is 49.9 Å². The number of carbonyl (C=O) groups excluding carboxylic acids is 2. The Bertz CT molecular complexity index is 769. The minimum Gasteiger partial charge on any atom is -0.462 e. The SMILES string of the molecule is CCC(C)=O.CCCCC1(CCC)C[C@H](CCN2CCN(c3ccc(F)cc3)[C@@H](C)C2)OC1=O. The maximum absolute atomic E-state index is 13.2. The van der Waals surface area contributed by atoms with Gasteiger partial charge in [-0.05, 0) is 57.4 Å². The number of Topliss-reactive ketones (excluding diaryl/α,β-unsaturated/α-hetero) is 1. The van der Waals surface area contributed by atoms with Crippen LogP contribution in [0.25, 0.3) is 0 Å². The first kappa shape index (κ1) is 28.3. The predicted octanol–water partition coefficient (Wildman–Crippen LogP) is 6.00. The van der Waals surface area contributed by atoms with E-state index in [0.717, 1.165) is 76.8 Å². The quantitative estimate of drug-likeness (QED) is 0.388. The third-order valence-electron chi connectivity index (χ3n) is 7.20. The first-order valence-corrected chi connectivity index (χ1v) is 13.2. The number of piperazine rings is 1. The van der Waals surface area contributed by atoms with Crippen LogP contribution in [-0.2, 0) is 14.3 Å². The first-order chi connectivity index (χ1) is 16.2. The van der Waals surface area contributed by atoms with E-state index in [1.54, 1.807) is 6.92 Å². The molecule has 0 aromatic heterocycles. The fourth-order valence-electron chi connectivity index (χ4n) is 5.10. The summed E-state index contributed by atoms with van der Waals surface area (Å²) in [6, 6.07) is 7.17. The molecule has 2 aliphatic rings. The Morgan fingerprint density at radius 2 is 1.79 bits per heavy atom. The highest BCUT2D eigenvalue weighted by molar-refractivity contribution is 5.79. The molecule has 0 amide bonds. The number of cyclic esters (lactones) is 1. The van der Waals surface area contributed by atoms with E-state index in [0.29, 0.717) is 12.5 Å². The Kier molecular flexibility index (Phi) is 11.5. The zero-order valence-corrected chi connectivity index (χ0v) is 21.9. The molecule has 6 heteroatoms. The van der Waals surface area contributed by atoms with E-state index >= 15 is 0 Å². The summed E-state index contributed by atoms with van der Waals surface area (Å²) in [6.07, 6.45) is 7.74.